The van der Waals surface area contributed by atoms with Gasteiger partial charge >= 0.3 is 0 Å². The first kappa shape index (κ1) is 16.5. The molecule has 23 heavy (non-hydrogen) atoms. The number of anilines is 1. The molecule has 0 unspecified atom stereocenters. The van der Waals surface area contributed by atoms with E-state index in [4.69, 9.17) is 21.1 Å². The minimum absolute atomic E-state index is 0.0541. The first-order chi connectivity index (χ1) is 11.1. The number of halogens is 1. The summed E-state index contributed by atoms with van der Waals surface area (Å²) in [4.78, 5) is 18.5. The second-order valence-electron chi connectivity index (χ2n) is 6.05. The van der Waals surface area contributed by atoms with E-state index in [0.29, 0.717) is 49.3 Å². The van der Waals surface area contributed by atoms with Gasteiger partial charge in [-0.05, 0) is 25.3 Å². The molecule has 0 bridgehead atoms. The van der Waals surface area contributed by atoms with Crippen LogP contribution < -0.4 is 5.32 Å². The van der Waals surface area contributed by atoms with Gasteiger partial charge < -0.3 is 19.7 Å². The van der Waals surface area contributed by atoms with E-state index in [-0.39, 0.29) is 11.5 Å². The molecule has 3 rings (SSSR count). The number of aromatic nitrogens is 1. The summed E-state index contributed by atoms with van der Waals surface area (Å²) in [6.45, 7) is 3.03. The van der Waals surface area contributed by atoms with Crippen molar-refractivity contribution in [2.75, 3.05) is 45.3 Å². The molecule has 1 aliphatic heterocycles. The highest BCUT2D eigenvalue weighted by Gasteiger charge is 2.36. The Morgan fingerprint density at radius 3 is 2.78 bits per heavy atom. The van der Waals surface area contributed by atoms with E-state index in [1.165, 1.54) is 6.42 Å². The van der Waals surface area contributed by atoms with Gasteiger partial charge in [-0.3, -0.25) is 4.79 Å². The third-order valence-electron chi connectivity index (χ3n) is 4.66. The highest BCUT2D eigenvalue weighted by Crippen LogP contribution is 2.35. The number of pyridine rings is 1. The predicted octanol–water partition coefficient (Wildman–Crippen LogP) is 2.19. The van der Waals surface area contributed by atoms with E-state index in [1.54, 1.807) is 24.3 Å². The van der Waals surface area contributed by atoms with Crippen LogP contribution in [0.4, 0.5) is 5.82 Å². The van der Waals surface area contributed by atoms with Crippen LogP contribution in [0.15, 0.2) is 12.3 Å². The van der Waals surface area contributed by atoms with Crippen molar-refractivity contribution in [3.05, 3.63) is 22.8 Å². The second-order valence-corrected chi connectivity index (χ2v) is 6.46. The Morgan fingerprint density at radius 2 is 2.22 bits per heavy atom. The Hall–Kier alpha value is -1.37. The summed E-state index contributed by atoms with van der Waals surface area (Å²) < 4.78 is 10.8. The van der Waals surface area contributed by atoms with Crippen molar-refractivity contribution in [3.63, 3.8) is 0 Å². The molecule has 0 aromatic carbocycles. The van der Waals surface area contributed by atoms with Crippen LogP contribution in [0.2, 0.25) is 5.02 Å². The van der Waals surface area contributed by atoms with Crippen molar-refractivity contribution in [3.8, 4) is 0 Å². The first-order valence-corrected chi connectivity index (χ1v) is 8.33. The molecule has 6 nitrogen and oxygen atoms in total. The lowest BCUT2D eigenvalue weighted by Gasteiger charge is -2.40. The maximum atomic E-state index is 12.4. The number of ether oxygens (including phenoxy) is 2. The van der Waals surface area contributed by atoms with Gasteiger partial charge in [0.15, 0.2) is 0 Å². The van der Waals surface area contributed by atoms with Gasteiger partial charge in [0.1, 0.15) is 5.82 Å². The van der Waals surface area contributed by atoms with E-state index < -0.39 is 0 Å². The summed E-state index contributed by atoms with van der Waals surface area (Å²) in [5.41, 5.74) is 0.403. The van der Waals surface area contributed by atoms with Crippen molar-refractivity contribution in [2.24, 2.45) is 0 Å². The van der Waals surface area contributed by atoms with E-state index in [0.717, 1.165) is 12.8 Å². The van der Waals surface area contributed by atoms with Crippen LogP contribution in [0.5, 0.6) is 0 Å². The average molecular weight is 340 g/mol. The first-order valence-electron chi connectivity index (χ1n) is 7.95. The lowest BCUT2D eigenvalue weighted by atomic mass is 9.80. The van der Waals surface area contributed by atoms with E-state index >= 15 is 0 Å². The minimum Gasteiger partial charge on any atom is -0.378 e. The highest BCUT2D eigenvalue weighted by atomic mass is 35.5. The SMILES string of the molecule is COC1(CNc2ncc(C(=O)N3CCOCC3)cc2Cl)CCC1. The third kappa shape index (κ3) is 3.59. The van der Waals surface area contributed by atoms with E-state index in [9.17, 15) is 4.79 Å². The van der Waals surface area contributed by atoms with Crippen LogP contribution in [-0.2, 0) is 9.47 Å². The van der Waals surface area contributed by atoms with Crippen molar-refractivity contribution in [1.29, 1.82) is 0 Å². The molecule has 1 N–H and O–H groups in total. The summed E-state index contributed by atoms with van der Waals surface area (Å²) in [6, 6.07) is 1.68. The molecule has 1 aromatic heterocycles. The molecule has 1 aliphatic carbocycles. The molecule has 1 amide bonds. The number of morpholine rings is 1. The van der Waals surface area contributed by atoms with Gasteiger partial charge in [0.25, 0.3) is 5.91 Å². The number of carbonyl (C=O) groups excluding carboxylic acids is 1. The van der Waals surface area contributed by atoms with Gasteiger partial charge in [-0.2, -0.15) is 0 Å². The fourth-order valence-corrected chi connectivity index (χ4v) is 3.14. The fourth-order valence-electron chi connectivity index (χ4n) is 2.90. The standard InChI is InChI=1S/C16H22ClN3O3/c1-22-16(3-2-4-16)11-19-14-13(17)9-12(10-18-14)15(21)20-5-7-23-8-6-20/h9-10H,2-8,11H2,1H3,(H,18,19). The zero-order chi connectivity index (χ0) is 16.3. The number of hydrogen-bond acceptors (Lipinski definition) is 5. The van der Waals surface area contributed by atoms with Crippen LogP contribution in [0, 0.1) is 0 Å². The molecule has 7 heteroatoms. The van der Waals surface area contributed by atoms with Gasteiger partial charge in [-0.15, -0.1) is 0 Å². The molecule has 1 saturated heterocycles. The zero-order valence-corrected chi connectivity index (χ0v) is 14.1. The van der Waals surface area contributed by atoms with Crippen LogP contribution in [0.25, 0.3) is 0 Å². The number of methoxy groups -OCH3 is 1. The second kappa shape index (κ2) is 7.03. The van der Waals surface area contributed by atoms with Crippen LogP contribution in [0.3, 0.4) is 0 Å². The van der Waals surface area contributed by atoms with Gasteiger partial charge in [-0.1, -0.05) is 11.6 Å². The average Bonchev–Trinajstić information content (AvgIpc) is 2.55. The van der Waals surface area contributed by atoms with Crippen molar-refractivity contribution >= 4 is 23.3 Å². The summed E-state index contributed by atoms with van der Waals surface area (Å²) in [7, 11) is 1.74. The lowest BCUT2D eigenvalue weighted by molar-refractivity contribution is -0.0601. The Morgan fingerprint density at radius 1 is 1.48 bits per heavy atom. The fraction of sp³-hybridized carbons (Fsp3) is 0.625. The Bertz CT molecular complexity index is 566. The van der Waals surface area contributed by atoms with Gasteiger partial charge in [0.05, 0.1) is 29.4 Å². The lowest BCUT2D eigenvalue weighted by Crippen LogP contribution is -2.45. The zero-order valence-electron chi connectivity index (χ0n) is 13.3. The van der Waals surface area contributed by atoms with Gasteiger partial charge in [-0.25, -0.2) is 4.98 Å². The van der Waals surface area contributed by atoms with E-state index in [2.05, 4.69) is 10.3 Å². The van der Waals surface area contributed by atoms with Crippen LogP contribution in [0.1, 0.15) is 29.6 Å². The minimum atomic E-state index is -0.104. The molecular weight excluding hydrogens is 318 g/mol. The molecular formula is C16H22ClN3O3. The predicted molar refractivity (Wildman–Crippen MR) is 88.1 cm³/mol. The van der Waals surface area contributed by atoms with E-state index in [1.807, 2.05) is 0 Å². The normalized spacial score (nSPS) is 20.0. The van der Waals surface area contributed by atoms with Gasteiger partial charge in [0.2, 0.25) is 0 Å². The number of carbonyl (C=O) groups is 1. The maximum absolute atomic E-state index is 12.4. The molecule has 1 aromatic rings. The maximum Gasteiger partial charge on any atom is 0.255 e. The Kier molecular flexibility index (Phi) is 5.04. The van der Waals surface area contributed by atoms with Crippen molar-refractivity contribution in [2.45, 2.75) is 24.9 Å². The molecule has 1 saturated carbocycles. The Balaban J connectivity index is 1.64. The largest absolute Gasteiger partial charge is 0.378 e. The van der Waals surface area contributed by atoms with Crippen molar-refractivity contribution in [1.82, 2.24) is 9.88 Å². The number of nitrogens with zero attached hydrogens (tertiary/aromatic N) is 2. The molecule has 0 spiro atoms. The summed E-state index contributed by atoms with van der Waals surface area (Å²) in [5, 5.41) is 3.69. The van der Waals surface area contributed by atoms with Crippen molar-refractivity contribution < 1.29 is 14.3 Å². The highest BCUT2D eigenvalue weighted by molar-refractivity contribution is 6.33. The third-order valence-corrected chi connectivity index (χ3v) is 4.95. The number of hydrogen-bond donors (Lipinski definition) is 1. The number of nitrogens with one attached hydrogen (secondary N) is 1. The molecule has 2 heterocycles. The quantitative estimate of drug-likeness (QED) is 0.891. The summed E-state index contributed by atoms with van der Waals surface area (Å²) in [6.07, 6.45) is 4.85. The monoisotopic (exact) mass is 339 g/mol. The smallest absolute Gasteiger partial charge is 0.255 e. The summed E-state index contributed by atoms with van der Waals surface area (Å²) in [5.74, 6) is 0.537. The number of rotatable bonds is 5. The molecule has 2 fully saturated rings. The molecule has 126 valence electrons. The molecule has 0 atom stereocenters. The topological polar surface area (TPSA) is 63.7 Å². The molecule has 2 aliphatic rings. The van der Waals surface area contributed by atoms with Crippen LogP contribution in [-0.4, -0.2) is 61.3 Å². The molecule has 0 radical (unpaired) electrons. The summed E-state index contributed by atoms with van der Waals surface area (Å²) >= 11 is 6.28. The Labute approximate surface area is 141 Å². The van der Waals surface area contributed by atoms with Crippen LogP contribution >= 0.6 is 11.6 Å². The van der Waals surface area contributed by atoms with Gasteiger partial charge in [0, 0.05) is 32.9 Å². The number of amides is 1.